The minimum Gasteiger partial charge on any atom is -0.478 e. The maximum absolute atomic E-state index is 13.7. The van der Waals surface area contributed by atoms with Crippen LogP contribution in [0.25, 0.3) is 6.08 Å². The molecule has 0 spiro atoms. The second kappa shape index (κ2) is 10.9. The monoisotopic (exact) mass is 540 g/mol. The molecular formula is C34H40N2O4. The average molecular weight is 541 g/mol. The Balaban J connectivity index is 1.76. The number of aromatic carboxylic acids is 1. The van der Waals surface area contributed by atoms with E-state index in [1.807, 2.05) is 56.4 Å². The SMILES string of the molecule is CN(C)c1ccc(C(=O)N(C)c2cc(C(O)/C=C/c3ccc(C(=O)O)cc3)cc3c2C(C)(C)CCC3(C)C)cc1. The molecular weight excluding hydrogens is 500 g/mol. The summed E-state index contributed by atoms with van der Waals surface area (Å²) in [6.07, 6.45) is 4.57. The van der Waals surface area contributed by atoms with Crippen molar-refractivity contribution in [3.8, 4) is 0 Å². The van der Waals surface area contributed by atoms with Crippen LogP contribution in [0.5, 0.6) is 0 Å². The second-order valence-corrected chi connectivity index (χ2v) is 12.3. The standard InChI is InChI=1S/C34H40N2O4/c1-33(2)18-19-34(3,4)30-27(33)20-25(29(37)17-10-22-8-11-24(12-9-22)32(39)40)21-28(30)36(7)31(38)23-13-15-26(16-14-23)35(5)6/h8-17,20-21,29,37H,18-19H2,1-7H3,(H,39,40)/b17-10+. The van der Waals surface area contributed by atoms with Crippen LogP contribution in [0.1, 0.15) is 89.6 Å². The highest BCUT2D eigenvalue weighted by atomic mass is 16.4. The summed E-state index contributed by atoms with van der Waals surface area (Å²) in [6, 6.07) is 18.1. The van der Waals surface area contributed by atoms with E-state index < -0.39 is 12.1 Å². The number of rotatable bonds is 7. The Bertz CT molecular complexity index is 1430. The highest BCUT2D eigenvalue weighted by Crippen LogP contribution is 2.50. The fraction of sp³-hybridized carbons (Fsp3) is 0.353. The molecule has 0 radical (unpaired) electrons. The smallest absolute Gasteiger partial charge is 0.335 e. The van der Waals surface area contributed by atoms with Gasteiger partial charge in [0.05, 0.1) is 11.7 Å². The largest absolute Gasteiger partial charge is 0.478 e. The van der Waals surface area contributed by atoms with Crippen LogP contribution in [0.3, 0.4) is 0 Å². The molecule has 0 saturated carbocycles. The zero-order valence-electron chi connectivity index (χ0n) is 24.5. The maximum Gasteiger partial charge on any atom is 0.335 e. The maximum atomic E-state index is 13.7. The summed E-state index contributed by atoms with van der Waals surface area (Å²) in [6.45, 7) is 8.91. The summed E-state index contributed by atoms with van der Waals surface area (Å²) in [5.74, 6) is -1.08. The van der Waals surface area contributed by atoms with Gasteiger partial charge in [-0.05, 0) is 88.4 Å². The predicted octanol–water partition coefficient (Wildman–Crippen LogP) is 6.82. The van der Waals surface area contributed by atoms with Gasteiger partial charge in [-0.1, -0.05) is 58.0 Å². The highest BCUT2D eigenvalue weighted by molar-refractivity contribution is 6.06. The summed E-state index contributed by atoms with van der Waals surface area (Å²) in [5.41, 5.74) is 6.18. The number of hydrogen-bond acceptors (Lipinski definition) is 4. The molecule has 0 aliphatic heterocycles. The Labute approximate surface area is 237 Å². The van der Waals surface area contributed by atoms with E-state index in [2.05, 4.69) is 33.8 Å². The molecule has 6 heteroatoms. The second-order valence-electron chi connectivity index (χ2n) is 12.3. The molecule has 40 heavy (non-hydrogen) atoms. The van der Waals surface area contributed by atoms with Crippen LogP contribution < -0.4 is 9.80 Å². The zero-order chi connectivity index (χ0) is 29.4. The number of hydrogen-bond donors (Lipinski definition) is 2. The molecule has 3 aromatic carbocycles. The summed E-state index contributed by atoms with van der Waals surface area (Å²) >= 11 is 0. The van der Waals surface area contributed by atoms with Gasteiger partial charge < -0.3 is 20.0 Å². The van der Waals surface area contributed by atoms with Gasteiger partial charge in [-0.25, -0.2) is 4.79 Å². The Morgan fingerprint density at radius 2 is 1.43 bits per heavy atom. The topological polar surface area (TPSA) is 81.1 Å². The normalized spacial score (nSPS) is 16.3. The quantitative estimate of drug-likeness (QED) is 0.344. The van der Waals surface area contributed by atoms with Crippen molar-refractivity contribution in [2.75, 3.05) is 30.9 Å². The number of amides is 1. The van der Waals surface area contributed by atoms with Gasteiger partial charge in [-0.3, -0.25) is 4.79 Å². The number of carbonyl (C=O) groups is 2. The van der Waals surface area contributed by atoms with Gasteiger partial charge >= 0.3 is 5.97 Å². The molecule has 1 amide bonds. The van der Waals surface area contributed by atoms with Crippen LogP contribution in [0.15, 0.2) is 66.7 Å². The molecule has 3 aromatic rings. The summed E-state index contributed by atoms with van der Waals surface area (Å²) < 4.78 is 0. The van der Waals surface area contributed by atoms with Gasteiger partial charge in [0.1, 0.15) is 0 Å². The van der Waals surface area contributed by atoms with Gasteiger partial charge in [0.25, 0.3) is 5.91 Å². The molecule has 0 aromatic heterocycles. The van der Waals surface area contributed by atoms with E-state index in [0.717, 1.165) is 40.9 Å². The number of aliphatic hydroxyl groups is 1. The van der Waals surface area contributed by atoms with Crippen molar-refractivity contribution in [2.45, 2.75) is 57.5 Å². The fourth-order valence-electron chi connectivity index (χ4n) is 5.47. The van der Waals surface area contributed by atoms with Gasteiger partial charge in [0.15, 0.2) is 0 Å². The third kappa shape index (κ3) is 5.82. The molecule has 0 heterocycles. The fourth-order valence-corrected chi connectivity index (χ4v) is 5.47. The van der Waals surface area contributed by atoms with Crippen molar-refractivity contribution in [1.82, 2.24) is 0 Å². The molecule has 0 fully saturated rings. The van der Waals surface area contributed by atoms with Gasteiger partial charge in [0, 0.05) is 38.1 Å². The van der Waals surface area contributed by atoms with E-state index in [0.29, 0.717) is 11.1 Å². The molecule has 0 bridgehead atoms. The Hall–Kier alpha value is -3.90. The van der Waals surface area contributed by atoms with Crippen LogP contribution in [0.2, 0.25) is 0 Å². The van der Waals surface area contributed by atoms with Gasteiger partial charge in [0.2, 0.25) is 0 Å². The van der Waals surface area contributed by atoms with Gasteiger partial charge in [-0.2, -0.15) is 0 Å². The first kappa shape index (κ1) is 29.1. The lowest BCUT2D eigenvalue weighted by molar-refractivity contribution is 0.0696. The van der Waals surface area contributed by atoms with Crippen molar-refractivity contribution in [2.24, 2.45) is 0 Å². The van der Waals surface area contributed by atoms with E-state index >= 15 is 0 Å². The number of carbonyl (C=O) groups excluding carboxylic acids is 1. The molecule has 0 saturated heterocycles. The number of fused-ring (bicyclic) bond motifs is 1. The number of aliphatic hydroxyl groups excluding tert-OH is 1. The number of nitrogens with zero attached hydrogens (tertiary/aromatic N) is 2. The number of anilines is 2. The van der Waals surface area contributed by atoms with Crippen LogP contribution >= 0.6 is 0 Å². The molecule has 6 nitrogen and oxygen atoms in total. The first-order chi connectivity index (χ1) is 18.7. The molecule has 4 rings (SSSR count). The van der Waals surface area contributed by atoms with E-state index in [4.69, 9.17) is 5.11 Å². The first-order valence-electron chi connectivity index (χ1n) is 13.7. The number of carboxylic acid groups (broad SMARTS) is 1. The average Bonchev–Trinajstić information content (AvgIpc) is 2.93. The van der Waals surface area contributed by atoms with Crippen molar-refractivity contribution >= 4 is 29.3 Å². The van der Waals surface area contributed by atoms with E-state index in [-0.39, 0.29) is 22.3 Å². The van der Waals surface area contributed by atoms with Crippen molar-refractivity contribution in [3.63, 3.8) is 0 Å². The highest BCUT2D eigenvalue weighted by Gasteiger charge is 2.40. The lowest BCUT2D eigenvalue weighted by Crippen LogP contribution is -2.37. The third-order valence-electron chi connectivity index (χ3n) is 8.19. The summed E-state index contributed by atoms with van der Waals surface area (Å²) in [7, 11) is 5.75. The summed E-state index contributed by atoms with van der Waals surface area (Å²) in [4.78, 5) is 28.6. The lowest BCUT2D eigenvalue weighted by Gasteiger charge is -2.44. The van der Waals surface area contributed by atoms with Crippen LogP contribution in [0.4, 0.5) is 11.4 Å². The molecule has 1 aliphatic carbocycles. The van der Waals surface area contributed by atoms with E-state index in [1.54, 1.807) is 41.3 Å². The Morgan fingerprint density at radius 1 is 0.850 bits per heavy atom. The van der Waals surface area contributed by atoms with Crippen LogP contribution in [0, 0.1) is 0 Å². The number of carboxylic acids is 1. The lowest BCUT2D eigenvalue weighted by atomic mass is 9.62. The first-order valence-corrected chi connectivity index (χ1v) is 13.7. The summed E-state index contributed by atoms with van der Waals surface area (Å²) in [5, 5.41) is 20.4. The van der Waals surface area contributed by atoms with Crippen molar-refractivity contribution < 1.29 is 19.8 Å². The third-order valence-corrected chi connectivity index (χ3v) is 8.19. The minimum absolute atomic E-state index is 0.104. The van der Waals surface area contributed by atoms with Crippen molar-refractivity contribution in [3.05, 3.63) is 100 Å². The number of benzene rings is 3. The minimum atomic E-state index is -0.977. The van der Waals surface area contributed by atoms with E-state index in [1.165, 1.54) is 0 Å². The van der Waals surface area contributed by atoms with E-state index in [9.17, 15) is 14.7 Å². The Morgan fingerprint density at radius 3 is 2.00 bits per heavy atom. The van der Waals surface area contributed by atoms with Crippen LogP contribution in [-0.2, 0) is 10.8 Å². The molecule has 1 aliphatic rings. The van der Waals surface area contributed by atoms with Crippen LogP contribution in [-0.4, -0.2) is 43.2 Å². The molecule has 1 unspecified atom stereocenters. The van der Waals surface area contributed by atoms with Gasteiger partial charge in [-0.15, -0.1) is 0 Å². The predicted molar refractivity (Wildman–Crippen MR) is 163 cm³/mol. The molecule has 210 valence electrons. The molecule has 2 N–H and O–H groups in total. The molecule has 1 atom stereocenters. The van der Waals surface area contributed by atoms with Crippen molar-refractivity contribution in [1.29, 1.82) is 0 Å². The Kier molecular flexibility index (Phi) is 7.95. The zero-order valence-corrected chi connectivity index (χ0v) is 24.5.